The number of para-hydroxylation sites is 1. The van der Waals surface area contributed by atoms with E-state index in [2.05, 4.69) is 4.74 Å². The molecule has 0 unspecified atom stereocenters. The van der Waals surface area contributed by atoms with Crippen molar-refractivity contribution in [2.24, 2.45) is 0 Å². The topological polar surface area (TPSA) is 43.4 Å². The normalized spacial score (nSPS) is 12.4. The molecule has 1 aromatic carbocycles. The highest BCUT2D eigenvalue weighted by molar-refractivity contribution is 7.91. The van der Waals surface area contributed by atoms with E-state index in [0.717, 1.165) is 12.1 Å². The fourth-order valence-electron chi connectivity index (χ4n) is 1.36. The third-order valence-electron chi connectivity index (χ3n) is 2.18. The summed E-state index contributed by atoms with van der Waals surface area (Å²) >= 11 is 0. The molecule has 0 atom stereocenters. The molecule has 1 aromatic rings. The molecule has 1 rings (SSSR count). The molecule has 102 valence electrons. The van der Waals surface area contributed by atoms with Crippen LogP contribution in [-0.4, -0.2) is 20.5 Å². The van der Waals surface area contributed by atoms with Crippen LogP contribution in [0.2, 0.25) is 0 Å². The van der Waals surface area contributed by atoms with Gasteiger partial charge in [0, 0.05) is 0 Å². The highest BCUT2D eigenvalue weighted by atomic mass is 32.2. The summed E-state index contributed by atoms with van der Waals surface area (Å²) in [6.45, 7) is 1.80. The first kappa shape index (κ1) is 14.8. The van der Waals surface area contributed by atoms with Gasteiger partial charge in [0.25, 0.3) is 0 Å². The van der Waals surface area contributed by atoms with Crippen molar-refractivity contribution in [3.05, 3.63) is 24.3 Å². The van der Waals surface area contributed by atoms with Gasteiger partial charge >= 0.3 is 6.36 Å². The number of sulfone groups is 1. The third-order valence-corrected chi connectivity index (χ3v) is 4.01. The van der Waals surface area contributed by atoms with Crippen LogP contribution in [0.5, 0.6) is 5.75 Å². The van der Waals surface area contributed by atoms with E-state index >= 15 is 0 Å². The maximum atomic E-state index is 12.1. The summed E-state index contributed by atoms with van der Waals surface area (Å²) in [6.07, 6.45) is -3.87. The lowest BCUT2D eigenvalue weighted by atomic mass is 10.3. The number of rotatable bonds is 5. The van der Waals surface area contributed by atoms with Crippen LogP contribution in [0, 0.1) is 0 Å². The molecule has 0 radical (unpaired) electrons. The van der Waals surface area contributed by atoms with Crippen LogP contribution >= 0.6 is 0 Å². The molecule has 0 spiro atoms. The number of halogens is 3. The van der Waals surface area contributed by atoms with Crippen molar-refractivity contribution in [3.63, 3.8) is 0 Å². The van der Waals surface area contributed by atoms with Crippen molar-refractivity contribution < 1.29 is 26.3 Å². The van der Waals surface area contributed by atoms with Gasteiger partial charge in [-0.25, -0.2) is 8.42 Å². The van der Waals surface area contributed by atoms with Crippen molar-refractivity contribution in [3.8, 4) is 5.75 Å². The smallest absolute Gasteiger partial charge is 0.404 e. The van der Waals surface area contributed by atoms with Gasteiger partial charge in [-0.3, -0.25) is 0 Å². The van der Waals surface area contributed by atoms with Gasteiger partial charge in [-0.1, -0.05) is 25.5 Å². The summed E-state index contributed by atoms with van der Waals surface area (Å²) in [5.74, 6) is -0.872. The molecule has 0 bridgehead atoms. The van der Waals surface area contributed by atoms with Gasteiger partial charge in [-0.2, -0.15) is 0 Å². The Kier molecular flexibility index (Phi) is 4.61. The number of hydrogen-bond acceptors (Lipinski definition) is 3. The maximum Gasteiger partial charge on any atom is 0.573 e. The van der Waals surface area contributed by atoms with Crippen LogP contribution in [0.4, 0.5) is 13.2 Å². The third kappa shape index (κ3) is 4.21. The molecule has 0 amide bonds. The summed E-state index contributed by atoms with van der Waals surface area (Å²) in [5.41, 5.74) is 0. The van der Waals surface area contributed by atoms with Crippen LogP contribution in [-0.2, 0) is 9.84 Å². The molecule has 7 heteroatoms. The lowest BCUT2D eigenvalue weighted by molar-refractivity contribution is -0.275. The van der Waals surface area contributed by atoms with E-state index in [1.54, 1.807) is 6.92 Å². The van der Waals surface area contributed by atoms with Crippen LogP contribution in [0.25, 0.3) is 0 Å². The fourth-order valence-corrected chi connectivity index (χ4v) is 2.95. The summed E-state index contributed by atoms with van der Waals surface area (Å²) < 4.78 is 63.9. The van der Waals surface area contributed by atoms with Crippen molar-refractivity contribution in [2.45, 2.75) is 31.0 Å². The van der Waals surface area contributed by atoms with E-state index < -0.39 is 26.8 Å². The number of ether oxygens (including phenoxy) is 1. The minimum Gasteiger partial charge on any atom is -0.404 e. The first-order chi connectivity index (χ1) is 8.26. The molecule has 0 aliphatic rings. The van der Waals surface area contributed by atoms with Gasteiger partial charge in [0.05, 0.1) is 5.75 Å². The van der Waals surface area contributed by atoms with Gasteiger partial charge in [0.1, 0.15) is 10.6 Å². The largest absolute Gasteiger partial charge is 0.573 e. The Hall–Kier alpha value is -1.24. The standard InChI is InChI=1S/C11H13F3O3S/c1-2-3-8-18(15,16)10-7-5-4-6-9(10)17-11(12,13)14/h4-7H,2-3,8H2,1H3. The summed E-state index contributed by atoms with van der Waals surface area (Å²) in [7, 11) is -3.75. The molecule has 0 aromatic heterocycles. The Morgan fingerprint density at radius 1 is 1.22 bits per heavy atom. The number of hydrogen-bond donors (Lipinski definition) is 0. The molecule has 0 saturated heterocycles. The van der Waals surface area contributed by atoms with Gasteiger partial charge in [0.15, 0.2) is 9.84 Å². The lowest BCUT2D eigenvalue weighted by Gasteiger charge is -2.13. The predicted molar refractivity (Wildman–Crippen MR) is 60.1 cm³/mol. The Morgan fingerprint density at radius 2 is 1.83 bits per heavy atom. The van der Waals surface area contributed by atoms with Gasteiger partial charge in [-0.15, -0.1) is 13.2 Å². The molecular weight excluding hydrogens is 269 g/mol. The zero-order valence-corrected chi connectivity index (χ0v) is 10.5. The van der Waals surface area contributed by atoms with E-state index in [1.807, 2.05) is 0 Å². The van der Waals surface area contributed by atoms with Crippen molar-refractivity contribution in [2.75, 3.05) is 5.75 Å². The summed E-state index contributed by atoms with van der Waals surface area (Å²) in [4.78, 5) is -0.421. The highest BCUT2D eigenvalue weighted by Gasteiger charge is 2.33. The first-order valence-electron chi connectivity index (χ1n) is 5.34. The Morgan fingerprint density at radius 3 is 2.39 bits per heavy atom. The van der Waals surface area contributed by atoms with E-state index in [0.29, 0.717) is 12.8 Å². The predicted octanol–water partition coefficient (Wildman–Crippen LogP) is 3.16. The minimum atomic E-state index is -4.91. The van der Waals surface area contributed by atoms with Crippen LogP contribution in [0.3, 0.4) is 0 Å². The molecule has 3 nitrogen and oxygen atoms in total. The first-order valence-corrected chi connectivity index (χ1v) is 6.99. The molecule has 0 aliphatic carbocycles. The van der Waals surface area contributed by atoms with Crippen molar-refractivity contribution >= 4 is 9.84 Å². The average molecular weight is 282 g/mol. The molecular formula is C11H13F3O3S. The van der Waals surface area contributed by atoms with Gasteiger partial charge < -0.3 is 4.74 Å². The fraction of sp³-hybridized carbons (Fsp3) is 0.455. The molecule has 18 heavy (non-hydrogen) atoms. The van der Waals surface area contributed by atoms with Crippen molar-refractivity contribution in [1.29, 1.82) is 0 Å². The highest BCUT2D eigenvalue weighted by Crippen LogP contribution is 2.30. The summed E-state index contributed by atoms with van der Waals surface area (Å²) in [5, 5.41) is 0. The molecule has 0 saturated carbocycles. The number of unbranched alkanes of at least 4 members (excludes halogenated alkanes) is 1. The van der Waals surface area contributed by atoms with Crippen LogP contribution in [0.15, 0.2) is 29.2 Å². The van der Waals surface area contributed by atoms with Gasteiger partial charge in [-0.05, 0) is 18.6 Å². The van der Waals surface area contributed by atoms with E-state index in [9.17, 15) is 21.6 Å². The Balaban J connectivity index is 3.09. The Bertz CT molecular complexity index is 495. The van der Waals surface area contributed by atoms with E-state index in [4.69, 9.17) is 0 Å². The van der Waals surface area contributed by atoms with Gasteiger partial charge in [0.2, 0.25) is 0 Å². The van der Waals surface area contributed by atoms with Crippen LogP contribution in [0.1, 0.15) is 19.8 Å². The summed E-state index contributed by atoms with van der Waals surface area (Å²) in [6, 6.07) is 4.76. The molecule has 0 aliphatic heterocycles. The Labute approximate surface area is 103 Å². The minimum absolute atomic E-state index is 0.193. The SMILES string of the molecule is CCCCS(=O)(=O)c1ccccc1OC(F)(F)F. The molecule has 0 fully saturated rings. The molecule has 0 heterocycles. The van der Waals surface area contributed by atoms with E-state index in [1.165, 1.54) is 12.1 Å². The maximum absolute atomic E-state index is 12.1. The zero-order chi connectivity index (χ0) is 13.8. The second-order valence-corrected chi connectivity index (χ2v) is 5.74. The van der Waals surface area contributed by atoms with Crippen LogP contribution < -0.4 is 4.74 Å². The second-order valence-electron chi connectivity index (χ2n) is 3.67. The monoisotopic (exact) mass is 282 g/mol. The van der Waals surface area contributed by atoms with Crippen molar-refractivity contribution in [1.82, 2.24) is 0 Å². The number of alkyl halides is 3. The second kappa shape index (κ2) is 5.60. The average Bonchev–Trinajstić information content (AvgIpc) is 2.25. The molecule has 0 N–H and O–H groups in total. The van der Waals surface area contributed by atoms with E-state index in [-0.39, 0.29) is 5.75 Å². The zero-order valence-electron chi connectivity index (χ0n) is 9.70. The number of benzene rings is 1. The quantitative estimate of drug-likeness (QED) is 0.833. The lowest BCUT2D eigenvalue weighted by Crippen LogP contribution is -2.19.